The SMILES string of the molecule is Cc1ccc(-c2nc([C@@H]3CC[C@H](F)C[C@H]3C(=O)CC3(C#N)CC3)c(-c3ccc(N4CCS(=O)(=O)CC4)cc3)s2)nn1. The number of ketones is 1. The van der Waals surface area contributed by atoms with Gasteiger partial charge in [0.1, 0.15) is 22.7 Å². The lowest BCUT2D eigenvalue weighted by molar-refractivity contribution is -0.126. The second-order valence-electron chi connectivity index (χ2n) is 11.6. The number of Topliss-reactive ketones (excluding diaryl/α,β-unsaturated/α-hetero) is 1. The number of alkyl halides is 1. The first-order valence-corrected chi connectivity index (χ1v) is 16.7. The van der Waals surface area contributed by atoms with E-state index in [-0.39, 0.29) is 36.0 Å². The number of thiazole rings is 1. The van der Waals surface area contributed by atoms with Gasteiger partial charge >= 0.3 is 0 Å². The van der Waals surface area contributed by atoms with E-state index in [0.717, 1.165) is 40.4 Å². The Morgan fingerprint density at radius 2 is 1.85 bits per heavy atom. The van der Waals surface area contributed by atoms with E-state index in [4.69, 9.17) is 4.98 Å². The highest BCUT2D eigenvalue weighted by Gasteiger charge is 2.48. The van der Waals surface area contributed by atoms with Crippen molar-refractivity contribution in [2.24, 2.45) is 11.3 Å². The summed E-state index contributed by atoms with van der Waals surface area (Å²) in [5, 5.41) is 18.8. The summed E-state index contributed by atoms with van der Waals surface area (Å²) in [6, 6.07) is 14.1. The number of nitriles is 1. The van der Waals surface area contributed by atoms with Gasteiger partial charge in [0.15, 0.2) is 9.84 Å². The van der Waals surface area contributed by atoms with Crippen LogP contribution in [0.4, 0.5) is 10.1 Å². The van der Waals surface area contributed by atoms with E-state index in [0.29, 0.717) is 36.6 Å². The zero-order valence-electron chi connectivity index (χ0n) is 22.9. The Hall–Kier alpha value is -3.23. The zero-order valence-corrected chi connectivity index (χ0v) is 24.6. The minimum absolute atomic E-state index is 0.0394. The van der Waals surface area contributed by atoms with Gasteiger partial charge in [-0.05, 0) is 68.9 Å². The van der Waals surface area contributed by atoms with Gasteiger partial charge < -0.3 is 4.90 Å². The summed E-state index contributed by atoms with van der Waals surface area (Å²) >= 11 is 1.49. The van der Waals surface area contributed by atoms with Crippen molar-refractivity contribution in [1.82, 2.24) is 15.2 Å². The molecule has 3 fully saturated rings. The van der Waals surface area contributed by atoms with Gasteiger partial charge in [-0.2, -0.15) is 10.4 Å². The summed E-state index contributed by atoms with van der Waals surface area (Å²) in [6.07, 6.45) is 1.59. The third kappa shape index (κ3) is 5.90. The highest BCUT2D eigenvalue weighted by Crippen LogP contribution is 2.52. The van der Waals surface area contributed by atoms with E-state index < -0.39 is 27.3 Å². The molecule has 0 unspecified atom stereocenters. The molecular formula is C30H32FN5O3S2. The smallest absolute Gasteiger partial charge is 0.153 e. The van der Waals surface area contributed by atoms with Crippen LogP contribution in [0, 0.1) is 29.6 Å². The molecule has 3 heterocycles. The number of carbonyl (C=O) groups is 1. The van der Waals surface area contributed by atoms with Crippen LogP contribution in [0.25, 0.3) is 21.1 Å². The molecule has 0 radical (unpaired) electrons. The minimum Gasteiger partial charge on any atom is -0.369 e. The van der Waals surface area contributed by atoms with E-state index in [2.05, 4.69) is 21.2 Å². The van der Waals surface area contributed by atoms with Crippen LogP contribution < -0.4 is 4.90 Å². The Bertz CT molecular complexity index is 1580. The molecule has 214 valence electrons. The summed E-state index contributed by atoms with van der Waals surface area (Å²) in [4.78, 5) is 21.6. The lowest BCUT2D eigenvalue weighted by atomic mass is 9.72. The Kier molecular flexibility index (Phi) is 7.41. The normalized spacial score (nSPS) is 24.9. The first kappa shape index (κ1) is 27.9. The van der Waals surface area contributed by atoms with Crippen LogP contribution in [0.5, 0.6) is 0 Å². The highest BCUT2D eigenvalue weighted by atomic mass is 32.2. The molecule has 11 heteroatoms. The van der Waals surface area contributed by atoms with Gasteiger partial charge in [0.25, 0.3) is 0 Å². The second kappa shape index (κ2) is 10.9. The predicted octanol–water partition coefficient (Wildman–Crippen LogP) is 5.30. The number of benzene rings is 1. The molecule has 0 N–H and O–H groups in total. The first-order valence-electron chi connectivity index (χ1n) is 14.1. The average molecular weight is 594 g/mol. The molecule has 0 amide bonds. The molecule has 3 aliphatic rings. The summed E-state index contributed by atoms with van der Waals surface area (Å²) in [5.41, 5.74) is 3.52. The second-order valence-corrected chi connectivity index (χ2v) is 14.9. The molecule has 0 spiro atoms. The Morgan fingerprint density at radius 3 is 2.49 bits per heavy atom. The van der Waals surface area contributed by atoms with Crippen molar-refractivity contribution in [2.75, 3.05) is 29.5 Å². The van der Waals surface area contributed by atoms with Gasteiger partial charge in [-0.15, -0.1) is 16.4 Å². The van der Waals surface area contributed by atoms with Crippen molar-refractivity contribution in [1.29, 1.82) is 5.26 Å². The van der Waals surface area contributed by atoms with E-state index in [9.17, 15) is 22.9 Å². The number of aryl methyl sites for hydroxylation is 1. The van der Waals surface area contributed by atoms with Crippen LogP contribution >= 0.6 is 11.3 Å². The summed E-state index contributed by atoms with van der Waals surface area (Å²) < 4.78 is 38.5. The zero-order chi connectivity index (χ0) is 28.8. The van der Waals surface area contributed by atoms with Crippen LogP contribution in [-0.2, 0) is 14.6 Å². The van der Waals surface area contributed by atoms with Crippen molar-refractivity contribution in [3.05, 3.63) is 47.8 Å². The average Bonchev–Trinajstić information content (AvgIpc) is 3.60. The van der Waals surface area contributed by atoms with Gasteiger partial charge in [0.2, 0.25) is 0 Å². The van der Waals surface area contributed by atoms with Crippen LogP contribution in [0.2, 0.25) is 0 Å². The third-order valence-corrected chi connectivity index (χ3v) is 11.4. The van der Waals surface area contributed by atoms with E-state index in [1.54, 1.807) is 0 Å². The van der Waals surface area contributed by atoms with Gasteiger partial charge in [0, 0.05) is 37.0 Å². The lowest BCUT2D eigenvalue weighted by Gasteiger charge is -2.32. The lowest BCUT2D eigenvalue weighted by Crippen LogP contribution is -2.40. The van der Waals surface area contributed by atoms with Crippen LogP contribution in [-0.4, -0.2) is 60.1 Å². The maximum absolute atomic E-state index is 14.7. The molecule has 2 aliphatic carbocycles. The Morgan fingerprint density at radius 1 is 1.12 bits per heavy atom. The van der Waals surface area contributed by atoms with Crippen LogP contribution in [0.1, 0.15) is 55.8 Å². The van der Waals surface area contributed by atoms with Crippen LogP contribution in [0.3, 0.4) is 0 Å². The molecular weight excluding hydrogens is 561 g/mol. The van der Waals surface area contributed by atoms with E-state index >= 15 is 0 Å². The molecule has 0 bridgehead atoms. The molecule has 2 aromatic heterocycles. The number of hydrogen-bond donors (Lipinski definition) is 0. The standard InChI is InChI=1S/C30H32FN5O3S2/c1-19-2-9-25(35-34-19)29-33-27(23-8-5-21(31)16-24(23)26(37)17-30(18-32)10-11-30)28(40-29)20-3-6-22(7-4-20)36-12-14-41(38,39)15-13-36/h2-4,6-7,9,21,23-24H,5,8,10-17H2,1H3/t21-,23+,24+/m0/s1. The fourth-order valence-electron chi connectivity index (χ4n) is 5.95. The molecule has 3 atom stereocenters. The minimum atomic E-state index is -2.98. The van der Waals surface area contributed by atoms with Crippen molar-refractivity contribution < 1.29 is 17.6 Å². The number of halogens is 1. The Balaban J connectivity index is 1.36. The van der Waals surface area contributed by atoms with Crippen molar-refractivity contribution in [2.45, 2.75) is 57.5 Å². The summed E-state index contributed by atoms with van der Waals surface area (Å²) in [6.45, 7) is 2.79. The molecule has 1 saturated heterocycles. The maximum Gasteiger partial charge on any atom is 0.153 e. The molecule has 1 aliphatic heterocycles. The number of rotatable bonds is 7. The molecule has 2 saturated carbocycles. The van der Waals surface area contributed by atoms with Crippen molar-refractivity contribution >= 4 is 32.6 Å². The number of aromatic nitrogens is 3. The Labute approximate surface area is 243 Å². The fraction of sp³-hybridized carbons (Fsp3) is 0.500. The van der Waals surface area contributed by atoms with Gasteiger partial charge in [-0.3, -0.25) is 4.79 Å². The predicted molar refractivity (Wildman–Crippen MR) is 156 cm³/mol. The quantitative estimate of drug-likeness (QED) is 0.363. The number of nitrogens with zero attached hydrogens (tertiary/aromatic N) is 5. The topological polar surface area (TPSA) is 117 Å². The number of carbonyl (C=O) groups excluding carboxylic acids is 1. The van der Waals surface area contributed by atoms with Crippen LogP contribution in [0.15, 0.2) is 36.4 Å². The largest absolute Gasteiger partial charge is 0.369 e. The maximum atomic E-state index is 14.7. The van der Waals surface area contributed by atoms with Gasteiger partial charge in [-0.25, -0.2) is 17.8 Å². The molecule has 3 aromatic rings. The van der Waals surface area contributed by atoms with Crippen molar-refractivity contribution in [3.8, 4) is 27.2 Å². The molecule has 8 nitrogen and oxygen atoms in total. The molecule has 41 heavy (non-hydrogen) atoms. The number of hydrogen-bond acceptors (Lipinski definition) is 9. The first-order chi connectivity index (χ1) is 19.7. The van der Waals surface area contributed by atoms with E-state index in [1.165, 1.54) is 11.3 Å². The fourth-order valence-corrected chi connectivity index (χ4v) is 8.26. The monoisotopic (exact) mass is 593 g/mol. The van der Waals surface area contributed by atoms with Crippen molar-refractivity contribution in [3.63, 3.8) is 0 Å². The number of sulfone groups is 1. The molecule has 6 rings (SSSR count). The van der Waals surface area contributed by atoms with Gasteiger partial charge in [0.05, 0.1) is 39.3 Å². The summed E-state index contributed by atoms with van der Waals surface area (Å²) in [7, 11) is -2.98. The summed E-state index contributed by atoms with van der Waals surface area (Å²) in [5.74, 6) is -0.531. The van der Waals surface area contributed by atoms with Gasteiger partial charge in [-0.1, -0.05) is 12.1 Å². The highest BCUT2D eigenvalue weighted by molar-refractivity contribution is 7.91. The van der Waals surface area contributed by atoms with E-state index in [1.807, 2.05) is 43.3 Å². The molecule has 1 aromatic carbocycles. The number of anilines is 1. The third-order valence-electron chi connectivity index (χ3n) is 8.66.